The Kier molecular flexibility index (Phi) is 5.71. The average molecular weight is 439 g/mol. The minimum atomic E-state index is -4.57. The third-order valence-corrected chi connectivity index (χ3v) is 5.65. The maximum Gasteiger partial charge on any atom is 0.433 e. The predicted molar refractivity (Wildman–Crippen MR) is 108 cm³/mol. The van der Waals surface area contributed by atoms with Gasteiger partial charge in [0.1, 0.15) is 17.1 Å². The summed E-state index contributed by atoms with van der Waals surface area (Å²) >= 11 is 0. The van der Waals surface area contributed by atoms with Crippen LogP contribution < -0.4 is 10.6 Å². The van der Waals surface area contributed by atoms with Crippen LogP contribution in [0.25, 0.3) is 11.5 Å². The molecule has 0 radical (unpaired) electrons. The first-order valence-electron chi connectivity index (χ1n) is 10.3. The minimum Gasteiger partial charge on any atom is -0.351 e. The SMILES string of the molecule is CN1CCC(Nc2nc(NC3CCC(C)(F)C3)nc(-c3cccc(C(F)(F)F)n3)n2)C1. The van der Waals surface area contributed by atoms with E-state index in [0.29, 0.717) is 19.3 Å². The van der Waals surface area contributed by atoms with Crippen molar-refractivity contribution in [3.63, 3.8) is 0 Å². The van der Waals surface area contributed by atoms with Gasteiger partial charge in [0.05, 0.1) is 0 Å². The smallest absolute Gasteiger partial charge is 0.351 e. The lowest BCUT2D eigenvalue weighted by atomic mass is 10.1. The molecule has 3 atom stereocenters. The predicted octanol–water partition coefficient (Wildman–Crippen LogP) is 3.76. The van der Waals surface area contributed by atoms with Crippen LogP contribution in [0, 0.1) is 0 Å². The summed E-state index contributed by atoms with van der Waals surface area (Å²) in [6, 6.07) is 3.55. The molecule has 3 heterocycles. The van der Waals surface area contributed by atoms with E-state index in [4.69, 9.17) is 0 Å². The maximum atomic E-state index is 14.2. The number of rotatable bonds is 5. The van der Waals surface area contributed by atoms with Gasteiger partial charge in [-0.05, 0) is 51.9 Å². The number of likely N-dealkylation sites (tertiary alicyclic amines) is 1. The lowest BCUT2D eigenvalue weighted by molar-refractivity contribution is -0.141. The number of halogens is 4. The fourth-order valence-electron chi connectivity index (χ4n) is 4.07. The van der Waals surface area contributed by atoms with Crippen molar-refractivity contribution in [3.8, 4) is 11.5 Å². The zero-order valence-corrected chi connectivity index (χ0v) is 17.4. The Morgan fingerprint density at radius 1 is 1.03 bits per heavy atom. The van der Waals surface area contributed by atoms with Crippen molar-refractivity contribution in [2.45, 2.75) is 56.5 Å². The highest BCUT2D eigenvalue weighted by atomic mass is 19.4. The summed E-state index contributed by atoms with van der Waals surface area (Å²) in [5.74, 6) is 0.479. The van der Waals surface area contributed by atoms with Gasteiger partial charge in [-0.25, -0.2) is 9.37 Å². The van der Waals surface area contributed by atoms with Crippen molar-refractivity contribution in [2.75, 3.05) is 30.8 Å². The van der Waals surface area contributed by atoms with E-state index in [1.54, 1.807) is 6.92 Å². The number of pyridine rings is 1. The monoisotopic (exact) mass is 439 g/mol. The van der Waals surface area contributed by atoms with E-state index >= 15 is 0 Å². The molecule has 2 aromatic heterocycles. The molecule has 1 saturated heterocycles. The Balaban J connectivity index is 1.64. The Bertz CT molecular complexity index is 934. The summed E-state index contributed by atoms with van der Waals surface area (Å²) in [6.07, 6.45) is -2.32. The Morgan fingerprint density at radius 3 is 2.32 bits per heavy atom. The molecule has 2 fully saturated rings. The summed E-state index contributed by atoms with van der Waals surface area (Å²) in [5, 5.41) is 6.36. The van der Waals surface area contributed by atoms with Gasteiger partial charge >= 0.3 is 6.18 Å². The molecule has 2 N–H and O–H groups in total. The number of aromatic nitrogens is 4. The summed E-state index contributed by atoms with van der Waals surface area (Å²) in [5.41, 5.74) is -2.28. The zero-order valence-electron chi connectivity index (χ0n) is 17.4. The topological polar surface area (TPSA) is 78.9 Å². The average Bonchev–Trinajstić information content (AvgIpc) is 3.25. The Morgan fingerprint density at radius 2 is 1.74 bits per heavy atom. The van der Waals surface area contributed by atoms with Gasteiger partial charge in [0.25, 0.3) is 0 Å². The number of hydrogen-bond acceptors (Lipinski definition) is 7. The molecule has 11 heteroatoms. The molecular weight excluding hydrogens is 414 g/mol. The van der Waals surface area contributed by atoms with Crippen molar-refractivity contribution in [1.82, 2.24) is 24.8 Å². The molecule has 4 rings (SSSR count). The van der Waals surface area contributed by atoms with Crippen LogP contribution >= 0.6 is 0 Å². The van der Waals surface area contributed by atoms with Crippen LogP contribution in [0.3, 0.4) is 0 Å². The van der Waals surface area contributed by atoms with Crippen molar-refractivity contribution in [2.24, 2.45) is 0 Å². The first kappa shape index (κ1) is 21.7. The standard InChI is InChI=1S/C20H25F4N7/c1-19(21)8-6-12(10-19)25-17-28-16(14-4-3-5-15(27-14)20(22,23)24)29-18(30-17)26-13-7-9-31(2)11-13/h3-5,12-13H,6-11H2,1-2H3,(H2,25,26,28,29,30). The first-order chi connectivity index (χ1) is 14.6. The van der Waals surface area contributed by atoms with Crippen LogP contribution in [0.5, 0.6) is 0 Å². The molecule has 0 spiro atoms. The quantitative estimate of drug-likeness (QED) is 0.687. The van der Waals surface area contributed by atoms with E-state index in [9.17, 15) is 17.6 Å². The van der Waals surface area contributed by atoms with E-state index in [0.717, 1.165) is 25.6 Å². The summed E-state index contributed by atoms with van der Waals surface area (Å²) in [6.45, 7) is 3.28. The molecular formula is C20H25F4N7. The summed E-state index contributed by atoms with van der Waals surface area (Å²) in [4.78, 5) is 18.9. The van der Waals surface area contributed by atoms with Crippen molar-refractivity contribution in [3.05, 3.63) is 23.9 Å². The highest BCUT2D eigenvalue weighted by Gasteiger charge is 2.36. The maximum absolute atomic E-state index is 14.2. The Labute approximate surface area is 177 Å². The van der Waals surface area contributed by atoms with Gasteiger partial charge in [-0.3, -0.25) is 0 Å². The molecule has 1 aliphatic heterocycles. The van der Waals surface area contributed by atoms with Crippen LogP contribution in [-0.4, -0.2) is 62.7 Å². The van der Waals surface area contributed by atoms with Gasteiger partial charge in [0.15, 0.2) is 5.82 Å². The van der Waals surface area contributed by atoms with Crippen molar-refractivity contribution in [1.29, 1.82) is 0 Å². The van der Waals surface area contributed by atoms with Crippen molar-refractivity contribution < 1.29 is 17.6 Å². The van der Waals surface area contributed by atoms with Gasteiger partial charge in [-0.2, -0.15) is 28.1 Å². The summed E-state index contributed by atoms with van der Waals surface area (Å²) < 4.78 is 53.6. The first-order valence-corrected chi connectivity index (χ1v) is 10.3. The third kappa shape index (κ3) is 5.38. The van der Waals surface area contributed by atoms with Crippen LogP contribution in [0.2, 0.25) is 0 Å². The number of nitrogens with one attached hydrogen (secondary N) is 2. The zero-order chi connectivity index (χ0) is 22.2. The molecule has 0 aromatic carbocycles. The molecule has 7 nitrogen and oxygen atoms in total. The van der Waals surface area contributed by atoms with Gasteiger partial charge in [0, 0.05) is 25.0 Å². The number of nitrogens with zero attached hydrogens (tertiary/aromatic N) is 5. The molecule has 31 heavy (non-hydrogen) atoms. The van der Waals surface area contributed by atoms with Gasteiger partial charge in [-0.15, -0.1) is 0 Å². The fraction of sp³-hybridized carbons (Fsp3) is 0.600. The van der Waals surface area contributed by atoms with E-state index in [-0.39, 0.29) is 35.5 Å². The van der Waals surface area contributed by atoms with Crippen LogP contribution in [0.15, 0.2) is 18.2 Å². The molecule has 2 aromatic rings. The van der Waals surface area contributed by atoms with Crippen LogP contribution in [-0.2, 0) is 6.18 Å². The van der Waals surface area contributed by atoms with Crippen molar-refractivity contribution >= 4 is 11.9 Å². The third-order valence-electron chi connectivity index (χ3n) is 5.65. The lowest BCUT2D eigenvalue weighted by Gasteiger charge is -2.17. The van der Waals surface area contributed by atoms with E-state index in [1.807, 2.05) is 7.05 Å². The van der Waals surface area contributed by atoms with Gasteiger partial charge in [0.2, 0.25) is 11.9 Å². The van der Waals surface area contributed by atoms with Gasteiger partial charge in [-0.1, -0.05) is 6.07 Å². The van der Waals surface area contributed by atoms with E-state index in [1.165, 1.54) is 12.1 Å². The fourth-order valence-corrected chi connectivity index (χ4v) is 4.07. The van der Waals surface area contributed by atoms with Crippen LogP contribution in [0.4, 0.5) is 29.5 Å². The Hall–Kier alpha value is -2.56. The lowest BCUT2D eigenvalue weighted by Crippen LogP contribution is -2.26. The molecule has 0 bridgehead atoms. The number of likely N-dealkylation sites (N-methyl/N-ethyl adjacent to an activating group) is 1. The highest BCUT2D eigenvalue weighted by molar-refractivity contribution is 5.54. The molecule has 1 aliphatic carbocycles. The molecule has 3 unspecified atom stereocenters. The molecule has 1 saturated carbocycles. The number of alkyl halides is 4. The second-order valence-corrected chi connectivity index (χ2v) is 8.60. The highest BCUT2D eigenvalue weighted by Crippen LogP contribution is 2.34. The van der Waals surface area contributed by atoms with Gasteiger partial charge < -0.3 is 15.5 Å². The normalized spacial score (nSPS) is 26.9. The van der Waals surface area contributed by atoms with Crippen LogP contribution in [0.1, 0.15) is 38.3 Å². The number of anilines is 2. The molecule has 168 valence electrons. The second-order valence-electron chi connectivity index (χ2n) is 8.60. The number of hydrogen-bond donors (Lipinski definition) is 2. The molecule has 0 amide bonds. The largest absolute Gasteiger partial charge is 0.433 e. The summed E-state index contributed by atoms with van der Waals surface area (Å²) in [7, 11) is 2.01. The van der Waals surface area contributed by atoms with E-state index in [2.05, 4.69) is 35.5 Å². The second kappa shape index (κ2) is 8.18. The minimum absolute atomic E-state index is 0.00591. The molecule has 2 aliphatic rings. The van der Waals surface area contributed by atoms with E-state index < -0.39 is 17.5 Å².